The van der Waals surface area contributed by atoms with Crippen molar-refractivity contribution in [1.82, 2.24) is 19.9 Å². The lowest BCUT2D eigenvalue weighted by atomic mass is 9.97. The molecule has 2 fully saturated rings. The zero-order valence-corrected chi connectivity index (χ0v) is 13.6. The Morgan fingerprint density at radius 2 is 2.20 bits per heavy atom. The van der Waals surface area contributed by atoms with Crippen LogP contribution in [-0.2, 0) is 4.74 Å². The van der Waals surface area contributed by atoms with Crippen molar-refractivity contribution in [2.75, 3.05) is 25.0 Å². The molecule has 2 aliphatic heterocycles. The number of hydrogen-bond donors (Lipinski definition) is 1. The average Bonchev–Trinajstić information content (AvgIpc) is 3.24. The SMILES string of the molecule is O=C(c1cccnc1)N1CC[C@]2(C[C@H](Nc3ncc(F)cn3)CO2)C1. The van der Waals surface area contributed by atoms with Crippen LogP contribution < -0.4 is 5.32 Å². The molecule has 0 radical (unpaired) electrons. The summed E-state index contributed by atoms with van der Waals surface area (Å²) in [4.78, 5) is 26.2. The first-order valence-electron chi connectivity index (χ1n) is 8.21. The highest BCUT2D eigenvalue weighted by Crippen LogP contribution is 2.36. The van der Waals surface area contributed by atoms with Crippen molar-refractivity contribution in [2.24, 2.45) is 0 Å². The number of amides is 1. The molecular formula is C17H18FN5O2. The van der Waals surface area contributed by atoms with Crippen molar-refractivity contribution in [3.8, 4) is 0 Å². The lowest BCUT2D eigenvalue weighted by molar-refractivity contribution is 0.0125. The van der Waals surface area contributed by atoms with Crippen LogP contribution in [0.5, 0.6) is 0 Å². The number of nitrogens with zero attached hydrogens (tertiary/aromatic N) is 4. The highest BCUT2D eigenvalue weighted by Gasteiger charge is 2.47. The normalized spacial score (nSPS) is 25.5. The summed E-state index contributed by atoms with van der Waals surface area (Å²) in [6.45, 7) is 1.73. The Kier molecular flexibility index (Phi) is 4.04. The maximum atomic E-state index is 12.9. The van der Waals surface area contributed by atoms with E-state index < -0.39 is 5.82 Å². The third-order valence-corrected chi connectivity index (χ3v) is 4.67. The lowest BCUT2D eigenvalue weighted by Gasteiger charge is -2.23. The maximum Gasteiger partial charge on any atom is 0.255 e. The van der Waals surface area contributed by atoms with Gasteiger partial charge in [0.2, 0.25) is 5.95 Å². The van der Waals surface area contributed by atoms with Crippen molar-refractivity contribution in [3.05, 3.63) is 48.3 Å². The number of ether oxygens (including phenoxy) is 1. The third-order valence-electron chi connectivity index (χ3n) is 4.67. The molecule has 0 unspecified atom stereocenters. The Hall–Kier alpha value is -2.61. The van der Waals surface area contributed by atoms with Gasteiger partial charge in [-0.05, 0) is 18.6 Å². The second-order valence-corrected chi connectivity index (χ2v) is 6.48. The van der Waals surface area contributed by atoms with E-state index in [0.717, 1.165) is 25.2 Å². The van der Waals surface area contributed by atoms with Gasteiger partial charge in [0.25, 0.3) is 5.91 Å². The first-order valence-corrected chi connectivity index (χ1v) is 8.21. The second kappa shape index (κ2) is 6.36. The first-order chi connectivity index (χ1) is 12.1. The zero-order valence-electron chi connectivity index (χ0n) is 13.6. The molecule has 130 valence electrons. The van der Waals surface area contributed by atoms with Gasteiger partial charge in [-0.3, -0.25) is 9.78 Å². The molecule has 4 rings (SSSR count). The minimum atomic E-state index is -0.468. The van der Waals surface area contributed by atoms with Crippen LogP contribution in [0.15, 0.2) is 36.9 Å². The molecule has 2 aliphatic rings. The molecule has 2 atom stereocenters. The molecule has 1 spiro atoms. The van der Waals surface area contributed by atoms with Crippen LogP contribution in [0.25, 0.3) is 0 Å². The topological polar surface area (TPSA) is 80.2 Å². The van der Waals surface area contributed by atoms with Gasteiger partial charge in [-0.2, -0.15) is 0 Å². The number of likely N-dealkylation sites (tertiary alicyclic amines) is 1. The van der Waals surface area contributed by atoms with E-state index in [0.29, 0.717) is 31.2 Å². The molecule has 0 aliphatic carbocycles. The summed E-state index contributed by atoms with van der Waals surface area (Å²) in [6, 6.07) is 3.57. The van der Waals surface area contributed by atoms with Crippen LogP contribution in [0.3, 0.4) is 0 Å². The van der Waals surface area contributed by atoms with E-state index in [-0.39, 0.29) is 17.6 Å². The van der Waals surface area contributed by atoms with E-state index in [1.807, 2.05) is 4.90 Å². The van der Waals surface area contributed by atoms with Crippen molar-refractivity contribution >= 4 is 11.9 Å². The number of rotatable bonds is 3. The van der Waals surface area contributed by atoms with E-state index in [4.69, 9.17) is 4.74 Å². The van der Waals surface area contributed by atoms with Crippen LogP contribution in [0.1, 0.15) is 23.2 Å². The average molecular weight is 343 g/mol. The van der Waals surface area contributed by atoms with Gasteiger partial charge >= 0.3 is 0 Å². The van der Waals surface area contributed by atoms with Crippen molar-refractivity contribution < 1.29 is 13.9 Å². The van der Waals surface area contributed by atoms with E-state index in [1.165, 1.54) is 0 Å². The number of anilines is 1. The number of halogens is 1. The Morgan fingerprint density at radius 3 is 2.96 bits per heavy atom. The molecule has 1 N–H and O–H groups in total. The smallest absolute Gasteiger partial charge is 0.255 e. The molecule has 25 heavy (non-hydrogen) atoms. The van der Waals surface area contributed by atoms with Gasteiger partial charge in [0.1, 0.15) is 0 Å². The fourth-order valence-electron chi connectivity index (χ4n) is 3.48. The van der Waals surface area contributed by atoms with Crippen LogP contribution in [0, 0.1) is 5.82 Å². The minimum Gasteiger partial charge on any atom is -0.371 e. The van der Waals surface area contributed by atoms with Crippen LogP contribution in [0.4, 0.5) is 10.3 Å². The van der Waals surface area contributed by atoms with Crippen LogP contribution in [0.2, 0.25) is 0 Å². The Labute approximate surface area is 144 Å². The monoisotopic (exact) mass is 343 g/mol. The van der Waals surface area contributed by atoms with Crippen molar-refractivity contribution in [2.45, 2.75) is 24.5 Å². The fraction of sp³-hybridized carbons (Fsp3) is 0.412. The molecule has 2 aromatic heterocycles. The van der Waals surface area contributed by atoms with Crippen LogP contribution in [-0.4, -0.2) is 57.1 Å². The van der Waals surface area contributed by atoms with Crippen molar-refractivity contribution in [1.29, 1.82) is 0 Å². The Morgan fingerprint density at radius 1 is 1.36 bits per heavy atom. The molecule has 1 amide bonds. The number of hydrogen-bond acceptors (Lipinski definition) is 6. The van der Waals surface area contributed by atoms with Crippen LogP contribution >= 0.6 is 0 Å². The number of carbonyl (C=O) groups excluding carboxylic acids is 1. The summed E-state index contributed by atoms with van der Waals surface area (Å²) >= 11 is 0. The minimum absolute atomic E-state index is 0.0214. The van der Waals surface area contributed by atoms with E-state index in [9.17, 15) is 9.18 Å². The molecule has 7 nitrogen and oxygen atoms in total. The van der Waals surface area contributed by atoms with Gasteiger partial charge in [-0.1, -0.05) is 0 Å². The van der Waals surface area contributed by atoms with Gasteiger partial charge < -0.3 is 15.0 Å². The Bertz CT molecular complexity index is 757. The number of aromatic nitrogens is 3. The number of carbonyl (C=O) groups is 1. The molecule has 0 saturated carbocycles. The van der Waals surface area contributed by atoms with E-state index in [1.54, 1.807) is 24.5 Å². The molecule has 0 bridgehead atoms. The highest BCUT2D eigenvalue weighted by atomic mass is 19.1. The van der Waals surface area contributed by atoms with Gasteiger partial charge in [-0.25, -0.2) is 14.4 Å². The fourth-order valence-corrected chi connectivity index (χ4v) is 3.48. The highest BCUT2D eigenvalue weighted by molar-refractivity contribution is 5.94. The molecular weight excluding hydrogens is 325 g/mol. The first kappa shape index (κ1) is 15.9. The van der Waals surface area contributed by atoms with Gasteiger partial charge in [-0.15, -0.1) is 0 Å². The Balaban J connectivity index is 1.38. The quantitative estimate of drug-likeness (QED) is 0.910. The van der Waals surface area contributed by atoms with Gasteiger partial charge in [0.15, 0.2) is 5.82 Å². The molecule has 2 aromatic rings. The molecule has 4 heterocycles. The predicted octanol–water partition coefficient (Wildman–Crippen LogP) is 1.50. The number of nitrogens with one attached hydrogen (secondary N) is 1. The van der Waals surface area contributed by atoms with Gasteiger partial charge in [0.05, 0.1) is 42.8 Å². The molecule has 0 aromatic carbocycles. The summed E-state index contributed by atoms with van der Waals surface area (Å²) in [5.74, 6) is -0.106. The van der Waals surface area contributed by atoms with E-state index in [2.05, 4.69) is 20.3 Å². The summed E-state index contributed by atoms with van der Waals surface area (Å²) in [7, 11) is 0. The summed E-state index contributed by atoms with van der Waals surface area (Å²) < 4.78 is 18.9. The largest absolute Gasteiger partial charge is 0.371 e. The number of pyridine rings is 1. The van der Waals surface area contributed by atoms with Gasteiger partial charge in [0, 0.05) is 25.4 Å². The summed E-state index contributed by atoms with van der Waals surface area (Å²) in [6.07, 6.45) is 7.04. The maximum absolute atomic E-state index is 12.9. The third kappa shape index (κ3) is 3.30. The van der Waals surface area contributed by atoms with E-state index >= 15 is 0 Å². The second-order valence-electron chi connectivity index (χ2n) is 6.48. The summed E-state index contributed by atoms with van der Waals surface area (Å²) in [5.41, 5.74) is 0.252. The molecule has 2 saturated heterocycles. The summed E-state index contributed by atoms with van der Waals surface area (Å²) in [5, 5.41) is 3.17. The standard InChI is InChI=1S/C17H18FN5O2/c18-13-8-20-16(21-9-13)22-14-6-17(25-10-14)3-5-23(11-17)15(24)12-2-1-4-19-7-12/h1-2,4,7-9,14H,3,5-6,10-11H2,(H,20,21,22)/t14-,17-/m0/s1. The zero-order chi connectivity index (χ0) is 17.3. The lowest BCUT2D eigenvalue weighted by Crippen LogP contribution is -2.36. The predicted molar refractivity (Wildman–Crippen MR) is 87.5 cm³/mol. The molecule has 8 heteroatoms. The van der Waals surface area contributed by atoms with Crippen molar-refractivity contribution in [3.63, 3.8) is 0 Å².